The summed E-state index contributed by atoms with van der Waals surface area (Å²) in [6.07, 6.45) is -8.05. The Morgan fingerprint density at radius 2 is 1.58 bits per heavy atom. The predicted octanol–water partition coefficient (Wildman–Crippen LogP) is 7.33. The monoisotopic (exact) mass is 547 g/mol. The number of alkyl halides is 6. The molecule has 2 heterocycles. The average Bonchev–Trinajstić information content (AvgIpc) is 3.04. The summed E-state index contributed by atoms with van der Waals surface area (Å²) >= 11 is 0. The molecule has 2 saturated heterocycles. The second kappa shape index (κ2) is 9.88. The van der Waals surface area contributed by atoms with Gasteiger partial charge in [0.2, 0.25) is 0 Å². The summed E-state index contributed by atoms with van der Waals surface area (Å²) in [6.45, 7) is 0.0628. The molecule has 2 unspecified atom stereocenters. The van der Waals surface area contributed by atoms with Gasteiger partial charge in [-0.05, 0) is 80.3 Å². The highest BCUT2D eigenvalue weighted by Gasteiger charge is 2.44. The largest absolute Gasteiger partial charge is 0.490 e. The Bertz CT molecular complexity index is 1190. The smallest absolute Gasteiger partial charge is 0.420 e. The Kier molecular flexibility index (Phi) is 7.02. The van der Waals surface area contributed by atoms with Crippen LogP contribution in [0.15, 0.2) is 24.3 Å². The van der Waals surface area contributed by atoms with Crippen molar-refractivity contribution in [2.45, 2.75) is 88.5 Å². The van der Waals surface area contributed by atoms with Crippen LogP contribution in [0.25, 0.3) is 10.8 Å². The van der Waals surface area contributed by atoms with Crippen molar-refractivity contribution in [1.82, 2.24) is 4.90 Å². The van der Waals surface area contributed by atoms with Gasteiger partial charge in [0.1, 0.15) is 17.1 Å². The minimum Gasteiger partial charge on any atom is -0.490 e. The van der Waals surface area contributed by atoms with Crippen molar-refractivity contribution in [3.8, 4) is 5.75 Å². The van der Waals surface area contributed by atoms with Gasteiger partial charge in [0.15, 0.2) is 0 Å². The third-order valence-corrected chi connectivity index (χ3v) is 8.45. The van der Waals surface area contributed by atoms with Crippen molar-refractivity contribution >= 4 is 16.7 Å². The maximum atomic E-state index is 15.1. The zero-order chi connectivity index (χ0) is 27.4. The molecule has 2 atom stereocenters. The second-order valence-electron chi connectivity index (χ2n) is 10.8. The molecule has 3 aliphatic rings. The molecule has 0 amide bonds. The van der Waals surface area contributed by atoms with Crippen molar-refractivity contribution in [2.24, 2.45) is 11.8 Å². The van der Waals surface area contributed by atoms with Crippen molar-refractivity contribution in [1.29, 1.82) is 0 Å². The van der Waals surface area contributed by atoms with Crippen LogP contribution >= 0.6 is 0 Å². The van der Waals surface area contributed by atoms with E-state index >= 15 is 4.39 Å². The van der Waals surface area contributed by atoms with Gasteiger partial charge in [0.05, 0.1) is 17.9 Å². The van der Waals surface area contributed by atoms with E-state index in [0.717, 1.165) is 25.0 Å². The van der Waals surface area contributed by atoms with Crippen molar-refractivity contribution < 1.29 is 45.4 Å². The van der Waals surface area contributed by atoms with Crippen LogP contribution in [0.5, 0.6) is 5.75 Å². The van der Waals surface area contributed by atoms with Gasteiger partial charge in [0, 0.05) is 24.2 Å². The number of aliphatic carboxylic acids is 1. The highest BCUT2D eigenvalue weighted by molar-refractivity contribution is 5.89. The summed E-state index contributed by atoms with van der Waals surface area (Å²) in [4.78, 5) is 13.5. The Balaban J connectivity index is 1.43. The van der Waals surface area contributed by atoms with Gasteiger partial charge in [0.25, 0.3) is 0 Å². The number of ether oxygens (including phenoxy) is 1. The van der Waals surface area contributed by atoms with Crippen LogP contribution < -0.4 is 4.74 Å². The van der Waals surface area contributed by atoms with Gasteiger partial charge >= 0.3 is 18.3 Å². The number of benzene rings is 2. The number of carboxylic acids is 1. The van der Waals surface area contributed by atoms with E-state index in [1.165, 1.54) is 12.1 Å². The SMILES string of the molecule is O=C(O)C1CC2CCC(C1)N2Cc1cc2c(C(F)(F)F)c(OC3CCC(C(F)(F)F)CC3)ccc2cc1F. The second-order valence-corrected chi connectivity index (χ2v) is 10.8. The number of piperidine rings is 1. The van der Waals surface area contributed by atoms with Crippen LogP contribution in [0.4, 0.5) is 30.7 Å². The number of fused-ring (bicyclic) bond motifs is 3. The van der Waals surface area contributed by atoms with Crippen molar-refractivity contribution in [2.75, 3.05) is 0 Å². The van der Waals surface area contributed by atoms with Crippen LogP contribution in [0.2, 0.25) is 0 Å². The number of nitrogens with zero attached hydrogens (tertiary/aromatic N) is 1. The molecule has 3 fully saturated rings. The molecule has 4 nitrogen and oxygen atoms in total. The average molecular weight is 548 g/mol. The van der Waals surface area contributed by atoms with Crippen LogP contribution in [0.3, 0.4) is 0 Å². The molecule has 208 valence electrons. The molecule has 11 heteroatoms. The van der Waals surface area contributed by atoms with E-state index in [1.54, 1.807) is 0 Å². The molecule has 2 aromatic rings. The molecule has 1 saturated carbocycles. The first kappa shape index (κ1) is 27.0. The Hall–Kier alpha value is -2.56. The first-order chi connectivity index (χ1) is 17.8. The first-order valence-corrected chi connectivity index (χ1v) is 12.9. The molecule has 0 aromatic heterocycles. The zero-order valence-corrected chi connectivity index (χ0v) is 20.4. The quantitative estimate of drug-likeness (QED) is 0.399. The first-order valence-electron chi connectivity index (χ1n) is 12.9. The fourth-order valence-electron chi connectivity index (χ4n) is 6.50. The summed E-state index contributed by atoms with van der Waals surface area (Å²) in [7, 11) is 0. The maximum absolute atomic E-state index is 15.1. The molecule has 2 bridgehead atoms. The van der Waals surface area contributed by atoms with Gasteiger partial charge in [-0.25, -0.2) is 4.39 Å². The van der Waals surface area contributed by atoms with Crippen LogP contribution in [-0.2, 0) is 17.5 Å². The molecule has 1 aliphatic carbocycles. The molecular weight excluding hydrogens is 519 g/mol. The summed E-state index contributed by atoms with van der Waals surface area (Å²) in [5.41, 5.74) is -0.988. The molecule has 5 rings (SSSR count). The molecule has 2 aromatic carbocycles. The molecule has 2 aliphatic heterocycles. The van der Waals surface area contributed by atoms with E-state index in [9.17, 15) is 36.2 Å². The normalized spacial score (nSPS) is 28.6. The van der Waals surface area contributed by atoms with Gasteiger partial charge < -0.3 is 9.84 Å². The number of halogens is 7. The summed E-state index contributed by atoms with van der Waals surface area (Å²) in [5.74, 6) is -3.95. The lowest BCUT2D eigenvalue weighted by Gasteiger charge is -2.37. The Labute approximate surface area is 214 Å². The minimum atomic E-state index is -4.84. The standard InChI is InChI=1S/C27H28F7NO3/c28-22-12-14-1-8-23(38-20-6-2-17(3-7-20)26(29,30)31)24(27(32,33)34)21(14)11-16(22)13-35-18-4-5-19(35)10-15(9-18)25(36)37/h1,8,11-12,15,17-20H,2-7,9-10,13H2,(H,36,37). The topological polar surface area (TPSA) is 49.8 Å². The number of carbonyl (C=O) groups is 1. The molecule has 0 spiro atoms. The number of rotatable bonds is 5. The molecule has 0 radical (unpaired) electrons. The van der Waals surface area contributed by atoms with Crippen LogP contribution in [0.1, 0.15) is 62.5 Å². The van der Waals surface area contributed by atoms with E-state index in [1.807, 2.05) is 4.90 Å². The summed E-state index contributed by atoms with van der Waals surface area (Å²) in [6, 6.07) is 4.53. The third-order valence-electron chi connectivity index (χ3n) is 8.45. The number of carboxylic acid groups (broad SMARTS) is 1. The molecule has 1 N–H and O–H groups in total. The fourth-order valence-corrected chi connectivity index (χ4v) is 6.50. The highest BCUT2D eigenvalue weighted by atomic mass is 19.4. The third kappa shape index (κ3) is 5.31. The van der Waals surface area contributed by atoms with Crippen LogP contribution in [0, 0.1) is 17.7 Å². The van der Waals surface area contributed by atoms with Gasteiger partial charge in [-0.2, -0.15) is 26.3 Å². The predicted molar refractivity (Wildman–Crippen MR) is 124 cm³/mol. The van der Waals surface area contributed by atoms with E-state index < -0.39 is 53.4 Å². The molecular formula is C27H28F7NO3. The lowest BCUT2D eigenvalue weighted by molar-refractivity contribution is -0.185. The van der Waals surface area contributed by atoms with Crippen molar-refractivity contribution in [3.05, 3.63) is 41.2 Å². The lowest BCUT2D eigenvalue weighted by Crippen LogP contribution is -2.44. The van der Waals surface area contributed by atoms with E-state index in [-0.39, 0.29) is 60.6 Å². The fraction of sp³-hybridized carbons (Fsp3) is 0.593. The highest BCUT2D eigenvalue weighted by Crippen LogP contribution is 2.45. The van der Waals surface area contributed by atoms with Crippen LogP contribution in [-0.4, -0.2) is 40.3 Å². The van der Waals surface area contributed by atoms with Gasteiger partial charge in [-0.1, -0.05) is 6.07 Å². The van der Waals surface area contributed by atoms with E-state index in [2.05, 4.69) is 0 Å². The van der Waals surface area contributed by atoms with Gasteiger partial charge in [-0.3, -0.25) is 9.69 Å². The molecule has 38 heavy (non-hydrogen) atoms. The lowest BCUT2D eigenvalue weighted by atomic mass is 9.87. The summed E-state index contributed by atoms with van der Waals surface area (Å²) < 4.78 is 103. The number of hydrogen-bond donors (Lipinski definition) is 1. The summed E-state index contributed by atoms with van der Waals surface area (Å²) in [5, 5.41) is 9.20. The van der Waals surface area contributed by atoms with E-state index in [4.69, 9.17) is 4.74 Å². The van der Waals surface area contributed by atoms with Gasteiger partial charge in [-0.15, -0.1) is 0 Å². The Morgan fingerprint density at radius 1 is 0.947 bits per heavy atom. The maximum Gasteiger partial charge on any atom is 0.420 e. The Morgan fingerprint density at radius 3 is 2.13 bits per heavy atom. The van der Waals surface area contributed by atoms with Crippen molar-refractivity contribution in [3.63, 3.8) is 0 Å². The van der Waals surface area contributed by atoms with E-state index in [0.29, 0.717) is 12.8 Å². The zero-order valence-electron chi connectivity index (χ0n) is 20.4. The minimum absolute atomic E-state index is 0.0107. The number of hydrogen-bond acceptors (Lipinski definition) is 3.